The number of carbonyl (C=O) groups excluding carboxylic acids is 1. The summed E-state index contributed by atoms with van der Waals surface area (Å²) in [6.45, 7) is 1.80. The van der Waals surface area contributed by atoms with Crippen LogP contribution in [0.3, 0.4) is 0 Å². The molecule has 3 aromatic heterocycles. The Morgan fingerprint density at radius 1 is 1.06 bits per heavy atom. The van der Waals surface area contributed by atoms with Crippen LogP contribution in [0.4, 0.5) is 10.8 Å². The molecule has 0 saturated heterocycles. The van der Waals surface area contributed by atoms with E-state index in [1.807, 2.05) is 72.1 Å². The smallest absolute Gasteiger partial charge is 0.262 e. The Balaban J connectivity index is 1.45. The first kappa shape index (κ1) is 20.3. The third kappa shape index (κ3) is 3.86. The van der Waals surface area contributed by atoms with Gasteiger partial charge in [-0.05, 0) is 23.8 Å². The summed E-state index contributed by atoms with van der Waals surface area (Å²) in [5.74, 6) is -0.121. The number of nitrogens with zero attached hydrogens (tertiary/aromatic N) is 4. The Bertz CT molecular complexity index is 1460. The SMILES string of the molecule is CC(=O)N(c1ccccc1)c1nc(Cn2cnc3sc(-c4ccccc4)cc3c2=O)cs1. The van der Waals surface area contributed by atoms with Crippen LogP contribution in [0.2, 0.25) is 0 Å². The van der Waals surface area contributed by atoms with Crippen molar-refractivity contribution in [3.05, 3.63) is 94.5 Å². The van der Waals surface area contributed by atoms with Gasteiger partial charge in [-0.3, -0.25) is 19.1 Å². The largest absolute Gasteiger partial charge is 0.293 e. The number of thiophene rings is 1. The normalized spacial score (nSPS) is 11.0. The van der Waals surface area contributed by atoms with Gasteiger partial charge in [0.25, 0.3) is 5.56 Å². The van der Waals surface area contributed by atoms with Gasteiger partial charge in [-0.2, -0.15) is 0 Å². The van der Waals surface area contributed by atoms with Crippen LogP contribution in [-0.2, 0) is 11.3 Å². The number of fused-ring (bicyclic) bond motifs is 1. The van der Waals surface area contributed by atoms with Gasteiger partial charge in [-0.25, -0.2) is 9.97 Å². The quantitative estimate of drug-likeness (QED) is 0.358. The molecule has 0 aliphatic carbocycles. The van der Waals surface area contributed by atoms with E-state index in [9.17, 15) is 9.59 Å². The first-order valence-electron chi connectivity index (χ1n) is 9.95. The molecule has 1 amide bonds. The third-order valence-electron chi connectivity index (χ3n) is 4.97. The second-order valence-electron chi connectivity index (χ2n) is 7.18. The molecule has 0 unspecified atom stereocenters. The van der Waals surface area contributed by atoms with Gasteiger partial charge in [-0.1, -0.05) is 48.5 Å². The molecule has 0 aliphatic heterocycles. The molecule has 32 heavy (non-hydrogen) atoms. The Labute approximate surface area is 192 Å². The number of hydrogen-bond acceptors (Lipinski definition) is 6. The lowest BCUT2D eigenvalue weighted by molar-refractivity contribution is -0.115. The number of para-hydroxylation sites is 1. The number of benzene rings is 2. The van der Waals surface area contributed by atoms with E-state index >= 15 is 0 Å². The summed E-state index contributed by atoms with van der Waals surface area (Å²) in [7, 11) is 0. The van der Waals surface area contributed by atoms with Crippen LogP contribution in [0.25, 0.3) is 20.7 Å². The second-order valence-corrected chi connectivity index (χ2v) is 9.05. The van der Waals surface area contributed by atoms with Crippen molar-refractivity contribution in [3.8, 4) is 10.4 Å². The molecule has 0 bridgehead atoms. The van der Waals surface area contributed by atoms with Crippen molar-refractivity contribution in [2.24, 2.45) is 0 Å². The Morgan fingerprint density at radius 3 is 2.50 bits per heavy atom. The minimum absolute atomic E-state index is 0.102. The molecule has 6 nitrogen and oxygen atoms in total. The van der Waals surface area contributed by atoms with Crippen molar-refractivity contribution in [2.45, 2.75) is 13.5 Å². The first-order chi connectivity index (χ1) is 15.6. The molecule has 8 heteroatoms. The van der Waals surface area contributed by atoms with Gasteiger partial charge in [0.15, 0.2) is 5.13 Å². The number of amides is 1. The molecule has 5 rings (SSSR count). The lowest BCUT2D eigenvalue weighted by Crippen LogP contribution is -2.23. The number of thiazole rings is 1. The Hall–Kier alpha value is -3.62. The Kier molecular flexibility index (Phi) is 5.38. The van der Waals surface area contributed by atoms with E-state index in [2.05, 4.69) is 9.97 Å². The maximum absolute atomic E-state index is 13.1. The van der Waals surface area contributed by atoms with Crippen LogP contribution in [0, 0.1) is 0 Å². The summed E-state index contributed by atoms with van der Waals surface area (Å²) >= 11 is 2.88. The fourth-order valence-electron chi connectivity index (χ4n) is 3.47. The summed E-state index contributed by atoms with van der Waals surface area (Å²) in [6, 6.07) is 21.3. The molecule has 5 aromatic rings. The molecule has 158 valence electrons. The molecule has 0 fully saturated rings. The topological polar surface area (TPSA) is 68.1 Å². The highest BCUT2D eigenvalue weighted by Gasteiger charge is 2.18. The fraction of sp³-hybridized carbons (Fsp3) is 0.0833. The lowest BCUT2D eigenvalue weighted by atomic mass is 10.2. The number of rotatable bonds is 5. The highest BCUT2D eigenvalue weighted by Crippen LogP contribution is 2.31. The average Bonchev–Trinajstić information content (AvgIpc) is 3.45. The molecule has 2 aromatic carbocycles. The van der Waals surface area contributed by atoms with E-state index in [0.29, 0.717) is 16.2 Å². The van der Waals surface area contributed by atoms with Gasteiger partial charge in [0.05, 0.1) is 29.6 Å². The average molecular weight is 459 g/mol. The summed E-state index contributed by atoms with van der Waals surface area (Å²) < 4.78 is 1.56. The van der Waals surface area contributed by atoms with E-state index in [1.165, 1.54) is 29.6 Å². The molecule has 0 atom stereocenters. The standard InChI is InChI=1S/C24H18N4O2S2/c1-16(29)28(19-10-6-3-7-11-19)24-26-18(14-31-24)13-27-15-25-22-20(23(27)30)12-21(32-22)17-8-4-2-5-9-17/h2-12,14-15H,13H2,1H3. The van der Waals surface area contributed by atoms with Crippen molar-refractivity contribution in [1.82, 2.24) is 14.5 Å². The molecule has 0 spiro atoms. The van der Waals surface area contributed by atoms with E-state index < -0.39 is 0 Å². The fourth-order valence-corrected chi connectivity index (χ4v) is 5.34. The first-order valence-corrected chi connectivity index (χ1v) is 11.6. The Morgan fingerprint density at radius 2 is 1.78 bits per heavy atom. The van der Waals surface area contributed by atoms with Gasteiger partial charge in [-0.15, -0.1) is 22.7 Å². The molecular formula is C24H18N4O2S2. The van der Waals surface area contributed by atoms with Crippen LogP contribution < -0.4 is 10.5 Å². The maximum Gasteiger partial charge on any atom is 0.262 e. The molecule has 0 N–H and O–H groups in total. The van der Waals surface area contributed by atoms with Gasteiger partial charge in [0.1, 0.15) is 4.83 Å². The number of aromatic nitrogens is 3. The van der Waals surface area contributed by atoms with Crippen LogP contribution in [0.5, 0.6) is 0 Å². The predicted molar refractivity (Wildman–Crippen MR) is 130 cm³/mol. The van der Waals surface area contributed by atoms with E-state index in [0.717, 1.165) is 21.0 Å². The zero-order chi connectivity index (χ0) is 22.1. The van der Waals surface area contributed by atoms with Crippen molar-refractivity contribution in [1.29, 1.82) is 0 Å². The van der Waals surface area contributed by atoms with E-state index in [4.69, 9.17) is 0 Å². The van der Waals surface area contributed by atoms with Crippen LogP contribution in [-0.4, -0.2) is 20.4 Å². The van der Waals surface area contributed by atoms with Gasteiger partial charge in [0, 0.05) is 17.2 Å². The van der Waals surface area contributed by atoms with Crippen molar-refractivity contribution >= 4 is 49.6 Å². The molecule has 0 saturated carbocycles. The van der Waals surface area contributed by atoms with Gasteiger partial charge < -0.3 is 0 Å². The predicted octanol–water partition coefficient (Wildman–Crippen LogP) is 5.31. The van der Waals surface area contributed by atoms with Crippen LogP contribution >= 0.6 is 22.7 Å². The summed E-state index contributed by atoms with van der Waals surface area (Å²) in [4.78, 5) is 37.8. The number of hydrogen-bond donors (Lipinski definition) is 0. The minimum atomic E-state index is -0.121. The zero-order valence-corrected chi connectivity index (χ0v) is 18.8. The number of anilines is 2. The van der Waals surface area contributed by atoms with Gasteiger partial charge in [0.2, 0.25) is 5.91 Å². The van der Waals surface area contributed by atoms with E-state index in [1.54, 1.807) is 15.8 Å². The molecule has 3 heterocycles. The van der Waals surface area contributed by atoms with Crippen molar-refractivity contribution in [3.63, 3.8) is 0 Å². The highest BCUT2D eigenvalue weighted by atomic mass is 32.1. The monoisotopic (exact) mass is 458 g/mol. The molecule has 0 aliphatic rings. The molecule has 0 radical (unpaired) electrons. The van der Waals surface area contributed by atoms with E-state index in [-0.39, 0.29) is 18.0 Å². The van der Waals surface area contributed by atoms with Crippen LogP contribution in [0.1, 0.15) is 12.6 Å². The lowest BCUT2D eigenvalue weighted by Gasteiger charge is -2.17. The van der Waals surface area contributed by atoms with Crippen LogP contribution in [0.15, 0.2) is 83.2 Å². The summed E-state index contributed by atoms with van der Waals surface area (Å²) in [6.07, 6.45) is 1.56. The third-order valence-corrected chi connectivity index (χ3v) is 6.94. The molecular weight excluding hydrogens is 440 g/mol. The zero-order valence-electron chi connectivity index (χ0n) is 17.1. The van der Waals surface area contributed by atoms with Gasteiger partial charge >= 0.3 is 0 Å². The number of carbonyl (C=O) groups is 1. The van der Waals surface area contributed by atoms with Crippen molar-refractivity contribution in [2.75, 3.05) is 4.90 Å². The summed E-state index contributed by atoms with van der Waals surface area (Å²) in [5, 5.41) is 3.04. The maximum atomic E-state index is 13.1. The van der Waals surface area contributed by atoms with Crippen molar-refractivity contribution < 1.29 is 4.79 Å². The minimum Gasteiger partial charge on any atom is -0.293 e. The summed E-state index contributed by atoms with van der Waals surface area (Å²) in [5.41, 5.74) is 2.42. The second kappa shape index (κ2) is 8.49. The highest BCUT2D eigenvalue weighted by molar-refractivity contribution is 7.21.